The van der Waals surface area contributed by atoms with Gasteiger partial charge in [0.15, 0.2) is 0 Å². The number of hydrogen-bond acceptors (Lipinski definition) is 2. The highest BCUT2D eigenvalue weighted by atomic mass is 15.3. The Morgan fingerprint density at radius 1 is 0.534 bits per heavy atom. The van der Waals surface area contributed by atoms with E-state index in [0.29, 0.717) is 0 Å². The summed E-state index contributed by atoms with van der Waals surface area (Å²) < 4.78 is 2.69. The van der Waals surface area contributed by atoms with Gasteiger partial charge in [-0.3, -0.25) is 0 Å². The van der Waals surface area contributed by atoms with Crippen LogP contribution in [0, 0.1) is 13.8 Å². The molecule has 2 fully saturated rings. The monoisotopic (exact) mass is 753 g/mol. The number of benzene rings is 6. The van der Waals surface area contributed by atoms with E-state index in [1.807, 2.05) is 0 Å². The van der Waals surface area contributed by atoms with Crippen molar-refractivity contribution in [3.05, 3.63) is 131 Å². The Bertz CT molecular complexity index is 2980. The normalized spacial score (nSPS) is 27.1. The van der Waals surface area contributed by atoms with Gasteiger partial charge in [0.25, 0.3) is 6.71 Å². The molecule has 2 aliphatic carbocycles. The summed E-state index contributed by atoms with van der Waals surface area (Å²) in [6.45, 7) is 15.5. The molecule has 0 saturated heterocycles. The number of rotatable bonds is 2. The van der Waals surface area contributed by atoms with Crippen molar-refractivity contribution in [1.82, 2.24) is 4.57 Å². The molecule has 1 aromatic heterocycles. The predicted molar refractivity (Wildman–Crippen MR) is 246 cm³/mol. The van der Waals surface area contributed by atoms with Crippen LogP contribution >= 0.6 is 0 Å². The summed E-state index contributed by atoms with van der Waals surface area (Å²) in [7, 11) is 0. The molecule has 0 bridgehead atoms. The lowest BCUT2D eigenvalue weighted by Gasteiger charge is -2.53. The van der Waals surface area contributed by atoms with Crippen LogP contribution in [0.5, 0.6) is 0 Å². The van der Waals surface area contributed by atoms with Crippen LogP contribution < -0.4 is 26.2 Å². The van der Waals surface area contributed by atoms with Gasteiger partial charge in [-0.2, -0.15) is 0 Å². The van der Waals surface area contributed by atoms with E-state index in [0.717, 1.165) is 0 Å². The topological polar surface area (TPSA) is 11.4 Å². The molecule has 4 aliphatic heterocycles. The Morgan fingerprint density at radius 2 is 1.22 bits per heavy atom. The maximum Gasteiger partial charge on any atom is 0.252 e. The zero-order valence-electron chi connectivity index (χ0n) is 35.0. The van der Waals surface area contributed by atoms with Crippen LogP contribution in [0.1, 0.15) is 101 Å². The van der Waals surface area contributed by atoms with E-state index in [-0.39, 0.29) is 28.6 Å². The van der Waals surface area contributed by atoms with Gasteiger partial charge in [0.1, 0.15) is 0 Å². The van der Waals surface area contributed by atoms with E-state index >= 15 is 0 Å². The fourth-order valence-corrected chi connectivity index (χ4v) is 14.5. The number of fused-ring (bicyclic) bond motifs is 13. The van der Waals surface area contributed by atoms with Crippen LogP contribution in [0.3, 0.4) is 0 Å². The molecule has 2 saturated carbocycles. The lowest BCUT2D eigenvalue weighted by molar-refractivity contribution is 0.193. The van der Waals surface area contributed by atoms with E-state index in [2.05, 4.69) is 165 Å². The lowest BCUT2D eigenvalue weighted by Crippen LogP contribution is -2.64. The molecule has 5 heterocycles. The molecule has 4 unspecified atom stereocenters. The van der Waals surface area contributed by atoms with Crippen LogP contribution in [0.4, 0.5) is 22.7 Å². The minimum absolute atomic E-state index is 0.0244. The molecular formula is C54H52BN3. The molecule has 7 aromatic rings. The SMILES string of the molecule is Cc1cc(C)c2c3c1B1c4c(cc(N5c6ccc(-c7ccccc7)cc6C6(C)CCCCC56C)cc4-n4c5ccccc5c5cccc1c54)N3C1(C)CCCCC21C. The smallest absolute Gasteiger partial charge is 0.252 e. The quantitative estimate of drug-likeness (QED) is 0.163. The van der Waals surface area contributed by atoms with Gasteiger partial charge in [-0.25, -0.2) is 0 Å². The van der Waals surface area contributed by atoms with Gasteiger partial charge < -0.3 is 14.4 Å². The Morgan fingerprint density at radius 3 is 2.03 bits per heavy atom. The van der Waals surface area contributed by atoms with E-state index in [9.17, 15) is 0 Å². The van der Waals surface area contributed by atoms with E-state index in [4.69, 9.17) is 0 Å². The van der Waals surface area contributed by atoms with Crippen LogP contribution in [0.15, 0.2) is 109 Å². The van der Waals surface area contributed by atoms with Gasteiger partial charge in [-0.05, 0) is 128 Å². The van der Waals surface area contributed by atoms with Crippen molar-refractivity contribution in [1.29, 1.82) is 0 Å². The largest absolute Gasteiger partial charge is 0.335 e. The fourth-order valence-electron chi connectivity index (χ4n) is 14.5. The number of aromatic nitrogens is 1. The van der Waals surface area contributed by atoms with Crippen molar-refractivity contribution >= 4 is 67.7 Å². The van der Waals surface area contributed by atoms with Crippen LogP contribution in [-0.2, 0) is 10.8 Å². The van der Waals surface area contributed by atoms with Gasteiger partial charge in [0, 0.05) is 55.6 Å². The predicted octanol–water partition coefficient (Wildman–Crippen LogP) is 11.7. The van der Waals surface area contributed by atoms with Crippen molar-refractivity contribution in [2.75, 3.05) is 9.80 Å². The molecule has 286 valence electrons. The van der Waals surface area contributed by atoms with Gasteiger partial charge in [0.05, 0.1) is 16.6 Å². The first kappa shape index (κ1) is 33.7. The third kappa shape index (κ3) is 3.69. The fraction of sp³-hybridized carbons (Fsp3) is 0.333. The molecule has 3 nitrogen and oxygen atoms in total. The van der Waals surface area contributed by atoms with Gasteiger partial charge in [-0.15, -0.1) is 0 Å². The Balaban J connectivity index is 1.17. The van der Waals surface area contributed by atoms with Crippen molar-refractivity contribution < 1.29 is 0 Å². The summed E-state index contributed by atoms with van der Waals surface area (Å²) in [4.78, 5) is 5.80. The second-order valence-electron chi connectivity index (χ2n) is 20.0. The summed E-state index contributed by atoms with van der Waals surface area (Å²) in [6.07, 6.45) is 9.95. The van der Waals surface area contributed by atoms with Crippen molar-refractivity contribution in [3.8, 4) is 16.8 Å². The Labute approximate surface area is 343 Å². The van der Waals surface area contributed by atoms with Crippen LogP contribution in [0.25, 0.3) is 38.6 Å². The summed E-state index contributed by atoms with van der Waals surface area (Å²) in [6, 6.07) is 42.7. The van der Waals surface area contributed by atoms with Crippen molar-refractivity contribution in [2.45, 2.75) is 115 Å². The minimum atomic E-state index is -0.0664. The van der Waals surface area contributed by atoms with Gasteiger partial charge >= 0.3 is 0 Å². The second-order valence-corrected chi connectivity index (χ2v) is 20.0. The highest BCUT2D eigenvalue weighted by Crippen LogP contribution is 2.65. The van der Waals surface area contributed by atoms with Gasteiger partial charge in [-0.1, -0.05) is 124 Å². The molecule has 58 heavy (non-hydrogen) atoms. The summed E-state index contributed by atoms with van der Waals surface area (Å²) in [5.41, 5.74) is 23.0. The first-order valence-electron chi connectivity index (χ1n) is 22.2. The third-order valence-electron chi connectivity index (χ3n) is 17.5. The molecule has 13 rings (SSSR count). The maximum absolute atomic E-state index is 2.95. The average Bonchev–Trinajstić information content (AvgIpc) is 3.76. The molecule has 0 spiro atoms. The number of aryl methyl sites for hydroxylation is 2. The number of para-hydroxylation sites is 2. The van der Waals surface area contributed by atoms with Crippen molar-refractivity contribution in [3.63, 3.8) is 0 Å². The highest BCUT2D eigenvalue weighted by Gasteiger charge is 2.63. The summed E-state index contributed by atoms with van der Waals surface area (Å²) in [5.74, 6) is 0. The number of anilines is 4. The molecule has 6 aliphatic rings. The Hall–Kier alpha value is -5.22. The third-order valence-corrected chi connectivity index (χ3v) is 17.5. The first-order chi connectivity index (χ1) is 28.1. The molecule has 4 atom stereocenters. The molecule has 6 aromatic carbocycles. The van der Waals surface area contributed by atoms with E-state index < -0.39 is 0 Å². The summed E-state index contributed by atoms with van der Waals surface area (Å²) in [5, 5.41) is 2.72. The zero-order valence-corrected chi connectivity index (χ0v) is 35.0. The maximum atomic E-state index is 2.95. The molecule has 0 radical (unpaired) electrons. The minimum Gasteiger partial charge on any atom is -0.335 e. The van der Waals surface area contributed by atoms with E-state index in [1.165, 1.54) is 140 Å². The Kier molecular flexibility index (Phi) is 6.33. The molecule has 4 heteroatoms. The zero-order chi connectivity index (χ0) is 39.1. The average molecular weight is 754 g/mol. The highest BCUT2D eigenvalue weighted by molar-refractivity contribution is 7.00. The number of hydrogen-bond donors (Lipinski definition) is 0. The lowest BCUT2D eigenvalue weighted by atomic mass is 9.33. The molecular weight excluding hydrogens is 701 g/mol. The van der Waals surface area contributed by atoms with Crippen molar-refractivity contribution in [2.24, 2.45) is 0 Å². The first-order valence-corrected chi connectivity index (χ1v) is 22.2. The summed E-state index contributed by atoms with van der Waals surface area (Å²) >= 11 is 0. The second kappa shape index (κ2) is 10.9. The van der Waals surface area contributed by atoms with Crippen LogP contribution in [-0.4, -0.2) is 22.4 Å². The molecule has 0 N–H and O–H groups in total. The molecule has 0 amide bonds. The van der Waals surface area contributed by atoms with Gasteiger partial charge in [0.2, 0.25) is 0 Å². The van der Waals surface area contributed by atoms with E-state index in [1.54, 1.807) is 11.0 Å². The standard InChI is InChI=1S/C54H52BN3/c1-33-29-34(2)47-50-46(33)52(4)26-13-15-28-54(52,6)58(50)45-32-37(31-44-48(45)55(47)41-21-16-20-39-38-19-10-11-22-42(38)56(44)49(39)41)57-43-24-23-36(35-17-8-7-9-18-35)30-40(43)51(3)25-12-14-27-53(51,57)5/h7-11,16-24,29-32H,12-15,25-28H2,1-6H3. The number of nitrogens with zero attached hydrogens (tertiary/aromatic N) is 3. The van der Waals surface area contributed by atoms with Crippen LogP contribution in [0.2, 0.25) is 0 Å².